The van der Waals surface area contributed by atoms with Crippen LogP contribution < -0.4 is 0 Å². The van der Waals surface area contributed by atoms with Crippen molar-refractivity contribution in [1.29, 1.82) is 0 Å². The first-order chi connectivity index (χ1) is 10.4. The highest BCUT2D eigenvalue weighted by atomic mass is 31.2. The summed E-state index contributed by atoms with van der Waals surface area (Å²) >= 11 is 0. The van der Waals surface area contributed by atoms with E-state index in [2.05, 4.69) is 20.8 Å². The third kappa shape index (κ3) is 8.70. The molecule has 0 aliphatic carbocycles. The SMILES string of the molecule is CCCCCCC(CCCCC)(CCCCCC)P(=O)(O)O. The van der Waals surface area contributed by atoms with E-state index in [1.165, 1.54) is 12.8 Å². The largest absolute Gasteiger partial charge is 0.331 e. The van der Waals surface area contributed by atoms with Crippen LogP contribution in [0, 0.1) is 0 Å². The fraction of sp³-hybridized carbons (Fsp3) is 1.00. The maximum Gasteiger partial charge on any atom is 0.331 e. The molecule has 0 aromatic carbocycles. The number of hydrogen-bond donors (Lipinski definition) is 2. The first-order valence-corrected chi connectivity index (χ1v) is 11.1. The molecule has 22 heavy (non-hydrogen) atoms. The standard InChI is InChI=1S/C18H39O3P/c1-4-7-10-13-16-18(22(19,20)21,15-12-9-6-3)17-14-11-8-5-2/h4-17H2,1-3H3,(H2,19,20,21). The maximum atomic E-state index is 12.3. The molecule has 0 amide bonds. The average molecular weight is 334 g/mol. The quantitative estimate of drug-likeness (QED) is 0.268. The minimum atomic E-state index is -4.04. The Morgan fingerprint density at radius 1 is 0.636 bits per heavy atom. The lowest BCUT2D eigenvalue weighted by atomic mass is 9.88. The molecular formula is C18H39O3P. The lowest BCUT2D eigenvalue weighted by Gasteiger charge is -2.35. The predicted molar refractivity (Wildman–Crippen MR) is 96.4 cm³/mol. The Hall–Kier alpha value is 0.150. The maximum absolute atomic E-state index is 12.3. The molecule has 0 aliphatic heterocycles. The summed E-state index contributed by atoms with van der Waals surface area (Å²) in [4.78, 5) is 20.1. The topological polar surface area (TPSA) is 57.5 Å². The van der Waals surface area contributed by atoms with Crippen LogP contribution in [-0.4, -0.2) is 14.9 Å². The van der Waals surface area contributed by atoms with Crippen molar-refractivity contribution in [3.05, 3.63) is 0 Å². The highest BCUT2D eigenvalue weighted by Gasteiger charge is 2.44. The van der Waals surface area contributed by atoms with Crippen molar-refractivity contribution in [2.45, 2.75) is 116 Å². The van der Waals surface area contributed by atoms with Gasteiger partial charge in [-0.1, -0.05) is 91.4 Å². The molecule has 0 atom stereocenters. The molecule has 134 valence electrons. The van der Waals surface area contributed by atoms with Crippen LogP contribution in [0.15, 0.2) is 0 Å². The van der Waals surface area contributed by atoms with Gasteiger partial charge in [0.05, 0.1) is 5.16 Å². The molecular weight excluding hydrogens is 295 g/mol. The molecule has 0 fully saturated rings. The molecule has 0 unspecified atom stereocenters. The fourth-order valence-electron chi connectivity index (χ4n) is 3.28. The smallest absolute Gasteiger partial charge is 0.324 e. The van der Waals surface area contributed by atoms with E-state index >= 15 is 0 Å². The zero-order valence-electron chi connectivity index (χ0n) is 15.1. The van der Waals surface area contributed by atoms with Crippen molar-refractivity contribution in [2.75, 3.05) is 0 Å². The number of unbranched alkanes of at least 4 members (excludes halogenated alkanes) is 8. The molecule has 4 heteroatoms. The van der Waals surface area contributed by atoms with Gasteiger partial charge in [0, 0.05) is 0 Å². The molecule has 3 nitrogen and oxygen atoms in total. The van der Waals surface area contributed by atoms with E-state index in [-0.39, 0.29) is 0 Å². The summed E-state index contributed by atoms with van der Waals surface area (Å²) in [6, 6.07) is 0. The van der Waals surface area contributed by atoms with Crippen molar-refractivity contribution in [2.24, 2.45) is 0 Å². The average Bonchev–Trinajstić information content (AvgIpc) is 2.46. The molecule has 0 aromatic heterocycles. The van der Waals surface area contributed by atoms with E-state index in [0.717, 1.165) is 57.8 Å². The van der Waals surface area contributed by atoms with Gasteiger partial charge in [-0.25, -0.2) is 0 Å². The summed E-state index contributed by atoms with van der Waals surface area (Å²) in [5, 5.41) is -0.746. The molecule has 0 saturated heterocycles. The van der Waals surface area contributed by atoms with Crippen LogP contribution in [0.25, 0.3) is 0 Å². The van der Waals surface area contributed by atoms with Gasteiger partial charge in [0.2, 0.25) is 0 Å². The minimum absolute atomic E-state index is 0.698. The second-order valence-corrected chi connectivity index (χ2v) is 8.88. The van der Waals surface area contributed by atoms with Crippen molar-refractivity contribution in [1.82, 2.24) is 0 Å². The van der Waals surface area contributed by atoms with E-state index in [0.29, 0.717) is 19.3 Å². The van der Waals surface area contributed by atoms with E-state index in [1.807, 2.05) is 0 Å². The lowest BCUT2D eigenvalue weighted by Crippen LogP contribution is -2.29. The Morgan fingerprint density at radius 3 is 1.27 bits per heavy atom. The van der Waals surface area contributed by atoms with Crippen molar-refractivity contribution < 1.29 is 14.4 Å². The van der Waals surface area contributed by atoms with Crippen LogP contribution >= 0.6 is 7.60 Å². The summed E-state index contributed by atoms with van der Waals surface area (Å²) in [6.07, 6.45) is 14.0. The summed E-state index contributed by atoms with van der Waals surface area (Å²) in [6.45, 7) is 6.48. The van der Waals surface area contributed by atoms with Crippen LogP contribution in [0.1, 0.15) is 111 Å². The van der Waals surface area contributed by atoms with E-state index in [4.69, 9.17) is 0 Å². The molecule has 0 heterocycles. The van der Waals surface area contributed by atoms with Crippen LogP contribution in [0.4, 0.5) is 0 Å². The summed E-state index contributed by atoms with van der Waals surface area (Å²) < 4.78 is 12.3. The van der Waals surface area contributed by atoms with E-state index < -0.39 is 12.8 Å². The van der Waals surface area contributed by atoms with Crippen LogP contribution in [0.5, 0.6) is 0 Å². The zero-order valence-corrected chi connectivity index (χ0v) is 16.0. The van der Waals surface area contributed by atoms with Crippen LogP contribution in [0.3, 0.4) is 0 Å². The first kappa shape index (κ1) is 22.1. The highest BCUT2D eigenvalue weighted by molar-refractivity contribution is 7.53. The van der Waals surface area contributed by atoms with Crippen molar-refractivity contribution >= 4 is 7.60 Å². The third-order valence-corrected chi connectivity index (χ3v) is 6.76. The van der Waals surface area contributed by atoms with Gasteiger partial charge < -0.3 is 9.79 Å². The molecule has 0 aliphatic rings. The lowest BCUT2D eigenvalue weighted by molar-refractivity contribution is 0.282. The van der Waals surface area contributed by atoms with Gasteiger partial charge in [0.15, 0.2) is 0 Å². The van der Waals surface area contributed by atoms with Crippen LogP contribution in [-0.2, 0) is 4.57 Å². The van der Waals surface area contributed by atoms with Gasteiger partial charge in [-0.2, -0.15) is 0 Å². The fourth-order valence-corrected chi connectivity index (χ4v) is 4.63. The second-order valence-electron chi connectivity index (χ2n) is 6.85. The number of rotatable bonds is 15. The van der Waals surface area contributed by atoms with Crippen molar-refractivity contribution in [3.63, 3.8) is 0 Å². The Kier molecular flexibility index (Phi) is 12.6. The highest BCUT2D eigenvalue weighted by Crippen LogP contribution is 2.58. The van der Waals surface area contributed by atoms with E-state index in [9.17, 15) is 14.4 Å². The Morgan fingerprint density at radius 2 is 0.955 bits per heavy atom. The molecule has 0 aromatic rings. The van der Waals surface area contributed by atoms with Gasteiger partial charge in [0.25, 0.3) is 0 Å². The molecule has 0 radical (unpaired) electrons. The van der Waals surface area contributed by atoms with E-state index in [1.54, 1.807) is 0 Å². The summed E-state index contributed by atoms with van der Waals surface area (Å²) in [7, 11) is -4.04. The minimum Gasteiger partial charge on any atom is -0.324 e. The normalized spacial score (nSPS) is 12.8. The van der Waals surface area contributed by atoms with Gasteiger partial charge in [-0.3, -0.25) is 4.57 Å². The first-order valence-electron chi connectivity index (χ1n) is 9.49. The Labute approximate surface area is 138 Å². The van der Waals surface area contributed by atoms with Gasteiger partial charge in [-0.05, 0) is 19.3 Å². The molecule has 0 spiro atoms. The predicted octanol–water partition coefficient (Wildman–Crippen LogP) is 6.42. The third-order valence-electron chi connectivity index (χ3n) is 4.85. The Balaban J connectivity index is 4.78. The van der Waals surface area contributed by atoms with Gasteiger partial charge in [0.1, 0.15) is 0 Å². The summed E-state index contributed by atoms with van der Waals surface area (Å²) in [5.74, 6) is 0. The zero-order chi connectivity index (χ0) is 16.9. The molecule has 0 bridgehead atoms. The van der Waals surface area contributed by atoms with Gasteiger partial charge >= 0.3 is 7.60 Å². The van der Waals surface area contributed by atoms with Crippen LogP contribution in [0.2, 0.25) is 0 Å². The number of hydrogen-bond acceptors (Lipinski definition) is 1. The van der Waals surface area contributed by atoms with Gasteiger partial charge in [-0.15, -0.1) is 0 Å². The molecule has 0 saturated carbocycles. The monoisotopic (exact) mass is 334 g/mol. The summed E-state index contributed by atoms with van der Waals surface area (Å²) in [5.41, 5.74) is 0. The molecule has 2 N–H and O–H groups in total. The Bertz CT molecular complexity index is 287. The second kappa shape index (κ2) is 12.6. The van der Waals surface area contributed by atoms with Crippen molar-refractivity contribution in [3.8, 4) is 0 Å². The molecule has 0 rings (SSSR count).